The summed E-state index contributed by atoms with van der Waals surface area (Å²) in [6.07, 6.45) is 2.70. The van der Waals surface area contributed by atoms with Crippen LogP contribution in [0.3, 0.4) is 0 Å². The number of benzene rings is 1. The van der Waals surface area contributed by atoms with Gasteiger partial charge in [0.2, 0.25) is 0 Å². The van der Waals surface area contributed by atoms with Gasteiger partial charge < -0.3 is 10.3 Å². The summed E-state index contributed by atoms with van der Waals surface area (Å²) in [5, 5.41) is 0. The van der Waals surface area contributed by atoms with Crippen molar-refractivity contribution in [2.45, 2.75) is 6.92 Å². The largest absolute Gasteiger partial charge is 0.307 e. The van der Waals surface area contributed by atoms with Crippen LogP contribution in [0.15, 0.2) is 36.7 Å². The maximum atomic E-state index is 12.9. The van der Waals surface area contributed by atoms with Crippen LogP contribution in [-0.4, -0.2) is 22.4 Å². The molecule has 0 aliphatic rings. The molecule has 3 N–H and O–H groups in total. The van der Waals surface area contributed by atoms with Crippen LogP contribution in [0, 0.1) is 5.82 Å². The van der Waals surface area contributed by atoms with Gasteiger partial charge in [0.1, 0.15) is 11.5 Å². The monoisotopic (exact) mass is 275 g/mol. The lowest BCUT2D eigenvalue weighted by atomic mass is 10.2. The fraction of sp³-hybridized carbons (Fsp3) is 0.154. The minimum atomic E-state index is -0.351. The smallest absolute Gasteiger partial charge is 0.278 e. The number of nitrogens with one attached hydrogen (secondary N) is 1. The van der Waals surface area contributed by atoms with Gasteiger partial charge in [-0.15, -0.1) is 0 Å². The molecule has 1 aromatic heterocycles. The maximum absolute atomic E-state index is 12.9. The average molecular weight is 275 g/mol. The molecule has 0 saturated carbocycles. The zero-order chi connectivity index (χ0) is 14.5. The highest BCUT2D eigenvalue weighted by molar-refractivity contribution is 6.04. The Bertz CT molecular complexity index is 585. The van der Waals surface area contributed by atoms with Gasteiger partial charge in [0.05, 0.1) is 12.4 Å². The van der Waals surface area contributed by atoms with Crippen molar-refractivity contribution in [2.24, 2.45) is 5.84 Å². The summed E-state index contributed by atoms with van der Waals surface area (Å²) in [7, 11) is 0. The maximum Gasteiger partial charge on any atom is 0.278 e. The molecule has 0 atom stereocenters. The van der Waals surface area contributed by atoms with E-state index in [1.54, 1.807) is 12.1 Å². The molecule has 104 valence electrons. The summed E-state index contributed by atoms with van der Waals surface area (Å²) in [4.78, 5) is 21.8. The number of anilines is 2. The highest BCUT2D eigenvalue weighted by Crippen LogP contribution is 2.17. The summed E-state index contributed by atoms with van der Waals surface area (Å²) in [6, 6.07) is 5.69. The molecule has 0 aliphatic heterocycles. The van der Waals surface area contributed by atoms with Crippen LogP contribution in [0.2, 0.25) is 0 Å². The van der Waals surface area contributed by atoms with Crippen molar-refractivity contribution in [3.8, 4) is 0 Å². The van der Waals surface area contributed by atoms with Crippen molar-refractivity contribution < 1.29 is 9.18 Å². The van der Waals surface area contributed by atoms with Crippen molar-refractivity contribution in [3.63, 3.8) is 0 Å². The summed E-state index contributed by atoms with van der Waals surface area (Å²) in [5.74, 6) is 4.89. The van der Waals surface area contributed by atoms with Crippen LogP contribution in [0.1, 0.15) is 17.4 Å². The van der Waals surface area contributed by atoms with Gasteiger partial charge in [0.25, 0.3) is 5.91 Å². The van der Waals surface area contributed by atoms with Crippen molar-refractivity contribution in [2.75, 3.05) is 16.9 Å². The van der Waals surface area contributed by atoms with Gasteiger partial charge in [-0.05, 0) is 31.2 Å². The van der Waals surface area contributed by atoms with Gasteiger partial charge >= 0.3 is 0 Å². The van der Waals surface area contributed by atoms with Gasteiger partial charge in [-0.1, -0.05) is 0 Å². The molecule has 7 heteroatoms. The average Bonchev–Trinajstić information content (AvgIpc) is 2.50. The van der Waals surface area contributed by atoms with Gasteiger partial charge in [-0.25, -0.2) is 20.2 Å². The number of carbonyl (C=O) groups is 1. The van der Waals surface area contributed by atoms with Crippen LogP contribution < -0.4 is 16.2 Å². The number of hydrazine groups is 1. The van der Waals surface area contributed by atoms with Crippen LogP contribution >= 0.6 is 0 Å². The molecule has 1 aromatic carbocycles. The first-order valence-electron chi connectivity index (χ1n) is 6.01. The van der Waals surface area contributed by atoms with E-state index in [1.807, 2.05) is 6.92 Å². The predicted octanol–water partition coefficient (Wildman–Crippen LogP) is 1.57. The number of carbonyl (C=O) groups excluding carboxylic acids is 1. The Morgan fingerprint density at radius 2 is 2.00 bits per heavy atom. The Labute approximate surface area is 115 Å². The highest BCUT2D eigenvalue weighted by Gasteiger charge is 2.17. The summed E-state index contributed by atoms with van der Waals surface area (Å²) in [5.41, 5.74) is 3.12. The molecule has 0 bridgehead atoms. The van der Waals surface area contributed by atoms with Gasteiger partial charge in [-0.2, -0.15) is 0 Å². The summed E-state index contributed by atoms with van der Waals surface area (Å²) in [6.45, 7) is 2.26. The number of nitrogen functional groups attached to an aromatic ring is 1. The Balaban J connectivity index is 2.26. The first-order valence-corrected chi connectivity index (χ1v) is 6.01. The molecule has 2 rings (SSSR count). The van der Waals surface area contributed by atoms with Crippen LogP contribution in [0.25, 0.3) is 0 Å². The quantitative estimate of drug-likeness (QED) is 0.653. The molecule has 6 nitrogen and oxygen atoms in total. The van der Waals surface area contributed by atoms with E-state index in [4.69, 9.17) is 5.84 Å². The SMILES string of the molecule is CCN(C(=O)c1cnc(NN)cn1)c1ccc(F)cc1. The summed E-state index contributed by atoms with van der Waals surface area (Å²) < 4.78 is 12.9. The Morgan fingerprint density at radius 3 is 2.50 bits per heavy atom. The number of hydrogen-bond acceptors (Lipinski definition) is 5. The highest BCUT2D eigenvalue weighted by atomic mass is 19.1. The topological polar surface area (TPSA) is 84.1 Å². The third kappa shape index (κ3) is 2.89. The number of halogens is 1. The van der Waals surface area contributed by atoms with Crippen LogP contribution in [0.4, 0.5) is 15.9 Å². The van der Waals surface area contributed by atoms with Crippen molar-refractivity contribution in [3.05, 3.63) is 48.2 Å². The van der Waals surface area contributed by atoms with E-state index in [0.29, 0.717) is 18.1 Å². The molecule has 0 aliphatic carbocycles. The first-order chi connectivity index (χ1) is 9.65. The lowest BCUT2D eigenvalue weighted by molar-refractivity contribution is 0.0983. The van der Waals surface area contributed by atoms with E-state index < -0.39 is 0 Å². The van der Waals surface area contributed by atoms with E-state index >= 15 is 0 Å². The predicted molar refractivity (Wildman–Crippen MR) is 73.6 cm³/mol. The minimum Gasteiger partial charge on any atom is -0.307 e. The first kappa shape index (κ1) is 13.9. The standard InChI is InChI=1S/C13H14FN5O/c1-2-19(10-5-3-9(14)4-6-10)13(20)11-7-17-12(18-15)8-16-11/h3-8H,2,15H2,1H3,(H,17,18). The third-order valence-electron chi connectivity index (χ3n) is 2.72. The van der Waals surface area contributed by atoms with E-state index in [-0.39, 0.29) is 17.4 Å². The van der Waals surface area contributed by atoms with Crippen LogP contribution in [0.5, 0.6) is 0 Å². The Kier molecular flexibility index (Phi) is 4.21. The molecule has 2 aromatic rings. The van der Waals surface area contributed by atoms with E-state index in [9.17, 15) is 9.18 Å². The number of nitrogens with zero attached hydrogens (tertiary/aromatic N) is 3. The fourth-order valence-corrected chi connectivity index (χ4v) is 1.72. The number of amides is 1. The molecule has 0 radical (unpaired) electrons. The van der Waals surface area contributed by atoms with Gasteiger partial charge in [0, 0.05) is 12.2 Å². The summed E-state index contributed by atoms with van der Waals surface area (Å²) >= 11 is 0. The molecule has 0 fully saturated rings. The van der Waals surface area contributed by atoms with Crippen LogP contribution in [-0.2, 0) is 0 Å². The van der Waals surface area contributed by atoms with E-state index in [2.05, 4.69) is 15.4 Å². The normalized spacial score (nSPS) is 10.2. The molecule has 1 heterocycles. The van der Waals surface area contributed by atoms with E-state index in [1.165, 1.54) is 29.4 Å². The molecule has 20 heavy (non-hydrogen) atoms. The minimum absolute atomic E-state index is 0.190. The number of nitrogens with two attached hydrogens (primary N) is 1. The van der Waals surface area contributed by atoms with Gasteiger partial charge in [0.15, 0.2) is 5.82 Å². The van der Waals surface area contributed by atoms with Crippen molar-refractivity contribution in [1.82, 2.24) is 9.97 Å². The second-order valence-corrected chi connectivity index (χ2v) is 3.96. The van der Waals surface area contributed by atoms with Crippen molar-refractivity contribution >= 4 is 17.4 Å². The molecule has 0 saturated heterocycles. The molecule has 1 amide bonds. The molecule has 0 unspecified atom stereocenters. The van der Waals surface area contributed by atoms with Gasteiger partial charge in [-0.3, -0.25) is 4.79 Å². The molecular formula is C13H14FN5O. The van der Waals surface area contributed by atoms with E-state index in [0.717, 1.165) is 0 Å². The zero-order valence-corrected chi connectivity index (χ0v) is 10.9. The zero-order valence-electron chi connectivity index (χ0n) is 10.9. The number of aromatic nitrogens is 2. The second kappa shape index (κ2) is 6.07. The lowest BCUT2D eigenvalue weighted by Gasteiger charge is -2.20. The Morgan fingerprint density at radius 1 is 1.30 bits per heavy atom. The molecular weight excluding hydrogens is 261 g/mol. The fourth-order valence-electron chi connectivity index (χ4n) is 1.72. The number of rotatable bonds is 4. The third-order valence-corrected chi connectivity index (χ3v) is 2.72. The Hall–Kier alpha value is -2.54. The van der Waals surface area contributed by atoms with Crippen molar-refractivity contribution in [1.29, 1.82) is 0 Å². The molecule has 0 spiro atoms. The second-order valence-electron chi connectivity index (χ2n) is 3.96. The lowest BCUT2D eigenvalue weighted by Crippen LogP contribution is -2.31. The number of hydrogen-bond donors (Lipinski definition) is 2.